The SMILES string of the molecule is O=C(N[C@H]1CCCn2nc(-c3ccnc(C(F)(F)F)c3)cc21)c1ccnc(OC(F)(F)F)c1. The van der Waals surface area contributed by atoms with Crippen LogP contribution >= 0.6 is 0 Å². The zero-order valence-electron chi connectivity index (χ0n) is 16.6. The van der Waals surface area contributed by atoms with Crippen molar-refractivity contribution in [1.29, 1.82) is 0 Å². The number of hydrogen-bond acceptors (Lipinski definition) is 5. The van der Waals surface area contributed by atoms with Gasteiger partial charge in [0.2, 0.25) is 5.88 Å². The van der Waals surface area contributed by atoms with Gasteiger partial charge in [0.1, 0.15) is 5.69 Å². The summed E-state index contributed by atoms with van der Waals surface area (Å²) in [6.07, 6.45) is -6.36. The summed E-state index contributed by atoms with van der Waals surface area (Å²) in [4.78, 5) is 19.4. The van der Waals surface area contributed by atoms with Crippen molar-refractivity contribution in [2.75, 3.05) is 0 Å². The molecule has 7 nitrogen and oxygen atoms in total. The Hall–Kier alpha value is -3.64. The third-order valence-corrected chi connectivity index (χ3v) is 4.90. The van der Waals surface area contributed by atoms with E-state index < -0.39 is 36.1 Å². The van der Waals surface area contributed by atoms with Crippen molar-refractivity contribution in [3.63, 3.8) is 0 Å². The van der Waals surface area contributed by atoms with E-state index in [2.05, 4.69) is 25.1 Å². The van der Waals surface area contributed by atoms with Gasteiger partial charge >= 0.3 is 12.5 Å². The molecule has 0 aliphatic carbocycles. The summed E-state index contributed by atoms with van der Waals surface area (Å²) in [6.45, 7) is 0.498. The molecule has 1 aliphatic heterocycles. The Morgan fingerprint density at radius 1 is 1.06 bits per heavy atom. The van der Waals surface area contributed by atoms with Crippen LogP contribution in [0.5, 0.6) is 5.88 Å². The maximum atomic E-state index is 13.0. The van der Waals surface area contributed by atoms with Gasteiger partial charge in [-0.05, 0) is 37.1 Å². The molecule has 4 rings (SSSR count). The Labute approximate surface area is 182 Å². The van der Waals surface area contributed by atoms with Gasteiger partial charge in [-0.2, -0.15) is 18.3 Å². The Morgan fingerprint density at radius 2 is 1.82 bits per heavy atom. The first-order valence-electron chi connectivity index (χ1n) is 9.63. The van der Waals surface area contributed by atoms with Gasteiger partial charge < -0.3 is 10.1 Å². The highest BCUT2D eigenvalue weighted by atomic mass is 19.4. The number of halogens is 6. The molecular weight excluding hydrogens is 456 g/mol. The van der Waals surface area contributed by atoms with Crippen LogP contribution in [-0.4, -0.2) is 32.0 Å². The highest BCUT2D eigenvalue weighted by molar-refractivity contribution is 5.94. The van der Waals surface area contributed by atoms with Crippen LogP contribution in [0.1, 0.15) is 40.6 Å². The van der Waals surface area contributed by atoms with Crippen LogP contribution in [-0.2, 0) is 12.7 Å². The van der Waals surface area contributed by atoms with Gasteiger partial charge in [-0.15, -0.1) is 13.2 Å². The maximum Gasteiger partial charge on any atom is 0.574 e. The molecule has 0 fully saturated rings. The smallest absolute Gasteiger partial charge is 0.388 e. The molecule has 13 heteroatoms. The van der Waals surface area contributed by atoms with Crippen LogP contribution in [0, 0.1) is 0 Å². The number of nitrogens with one attached hydrogen (secondary N) is 1. The molecule has 0 bridgehead atoms. The predicted molar refractivity (Wildman–Crippen MR) is 101 cm³/mol. The highest BCUT2D eigenvalue weighted by Crippen LogP contribution is 2.33. The lowest BCUT2D eigenvalue weighted by atomic mass is 10.0. The molecular formula is C20H15F6N5O2. The molecule has 0 radical (unpaired) electrons. The Bertz CT molecular complexity index is 1170. The second-order valence-electron chi connectivity index (χ2n) is 7.20. The average Bonchev–Trinajstić information content (AvgIpc) is 3.18. The van der Waals surface area contributed by atoms with Crippen LogP contribution in [0.15, 0.2) is 42.7 Å². The van der Waals surface area contributed by atoms with E-state index in [1.165, 1.54) is 12.1 Å². The molecule has 1 amide bonds. The van der Waals surface area contributed by atoms with Gasteiger partial charge in [-0.3, -0.25) is 14.5 Å². The molecule has 0 unspecified atom stereocenters. The summed E-state index contributed by atoms with van der Waals surface area (Å²) in [7, 11) is 0. The van der Waals surface area contributed by atoms with Gasteiger partial charge in [0.15, 0.2) is 0 Å². The number of rotatable bonds is 4. The Balaban J connectivity index is 1.56. The number of amides is 1. The van der Waals surface area contributed by atoms with Gasteiger partial charge in [0, 0.05) is 36.1 Å². The first kappa shape index (κ1) is 22.6. The number of nitrogens with zero attached hydrogens (tertiary/aromatic N) is 4. The lowest BCUT2D eigenvalue weighted by molar-refractivity contribution is -0.276. The molecule has 33 heavy (non-hydrogen) atoms. The highest BCUT2D eigenvalue weighted by Gasteiger charge is 2.34. The largest absolute Gasteiger partial charge is 0.574 e. The van der Waals surface area contributed by atoms with E-state index in [1.807, 2.05) is 0 Å². The third-order valence-electron chi connectivity index (χ3n) is 4.90. The van der Waals surface area contributed by atoms with Crippen LogP contribution in [0.2, 0.25) is 0 Å². The molecule has 0 saturated carbocycles. The van der Waals surface area contributed by atoms with Gasteiger partial charge in [-0.25, -0.2) is 4.98 Å². The first-order valence-corrected chi connectivity index (χ1v) is 9.63. The second kappa shape index (κ2) is 8.37. The molecule has 1 aliphatic rings. The number of alkyl halides is 6. The minimum absolute atomic E-state index is 0.0925. The van der Waals surface area contributed by atoms with E-state index in [-0.39, 0.29) is 16.8 Å². The standard InChI is InChI=1S/C20H15F6N5O2/c21-19(22,23)16-8-11(3-5-27-16)14-10-15-13(2-1-7-31(15)30-14)29-18(32)12-4-6-28-17(9-12)33-20(24,25)26/h3-6,8-10,13H,1-2,7H2,(H,29,32)/t13-/m0/s1. The predicted octanol–water partition coefficient (Wildman–Crippen LogP) is 4.52. The van der Waals surface area contributed by atoms with Crippen molar-refractivity contribution in [1.82, 2.24) is 25.1 Å². The fraction of sp³-hybridized carbons (Fsp3) is 0.300. The summed E-state index contributed by atoms with van der Waals surface area (Å²) in [6, 6.07) is 5.42. The van der Waals surface area contributed by atoms with Crippen molar-refractivity contribution in [2.45, 2.75) is 38.0 Å². The van der Waals surface area contributed by atoms with Crippen molar-refractivity contribution < 1.29 is 35.9 Å². The number of hydrogen-bond donors (Lipinski definition) is 1. The van der Waals surface area contributed by atoms with Crippen LogP contribution < -0.4 is 10.1 Å². The molecule has 0 saturated heterocycles. The molecule has 0 spiro atoms. The Kier molecular flexibility index (Phi) is 5.72. The number of aromatic nitrogens is 4. The van der Waals surface area contributed by atoms with Gasteiger partial charge in [-0.1, -0.05) is 0 Å². The lowest BCUT2D eigenvalue weighted by Crippen LogP contribution is -2.32. The van der Waals surface area contributed by atoms with Crippen molar-refractivity contribution in [3.8, 4) is 17.1 Å². The third kappa shape index (κ3) is 5.23. The summed E-state index contributed by atoms with van der Waals surface area (Å²) < 4.78 is 81.5. The minimum atomic E-state index is -4.95. The zero-order chi connectivity index (χ0) is 23.8. The number of fused-ring (bicyclic) bond motifs is 1. The van der Waals surface area contributed by atoms with Crippen LogP contribution in [0.4, 0.5) is 26.3 Å². The summed E-state index contributed by atoms with van der Waals surface area (Å²) >= 11 is 0. The molecule has 3 aromatic heterocycles. The van der Waals surface area contributed by atoms with Crippen molar-refractivity contribution in [3.05, 3.63) is 59.7 Å². The topological polar surface area (TPSA) is 81.9 Å². The average molecular weight is 471 g/mol. The van der Waals surface area contributed by atoms with E-state index >= 15 is 0 Å². The Morgan fingerprint density at radius 3 is 2.55 bits per heavy atom. The summed E-state index contributed by atoms with van der Waals surface area (Å²) in [5.41, 5.74) is -0.0811. The van der Waals surface area contributed by atoms with Gasteiger partial charge in [0.25, 0.3) is 5.91 Å². The fourth-order valence-corrected chi connectivity index (χ4v) is 3.48. The molecule has 0 aromatic carbocycles. The molecule has 1 atom stereocenters. The number of carbonyl (C=O) groups is 1. The van der Waals surface area contributed by atoms with E-state index in [4.69, 9.17) is 0 Å². The lowest BCUT2D eigenvalue weighted by Gasteiger charge is -2.24. The van der Waals surface area contributed by atoms with Crippen molar-refractivity contribution >= 4 is 5.91 Å². The fourth-order valence-electron chi connectivity index (χ4n) is 3.48. The monoisotopic (exact) mass is 471 g/mol. The quantitative estimate of drug-likeness (QED) is 0.566. The van der Waals surface area contributed by atoms with E-state index in [1.54, 1.807) is 10.7 Å². The van der Waals surface area contributed by atoms with Gasteiger partial charge in [0.05, 0.1) is 17.4 Å². The zero-order valence-corrected chi connectivity index (χ0v) is 16.6. The minimum Gasteiger partial charge on any atom is -0.388 e. The molecule has 174 valence electrons. The summed E-state index contributed by atoms with van der Waals surface area (Å²) in [5.74, 6) is -1.43. The summed E-state index contributed by atoms with van der Waals surface area (Å²) in [5, 5.41) is 7.07. The molecule has 1 N–H and O–H groups in total. The van der Waals surface area contributed by atoms with E-state index in [0.29, 0.717) is 25.1 Å². The molecule has 4 heterocycles. The van der Waals surface area contributed by atoms with Crippen LogP contribution in [0.25, 0.3) is 11.3 Å². The normalized spacial score (nSPS) is 16.2. The maximum absolute atomic E-state index is 13.0. The second-order valence-corrected chi connectivity index (χ2v) is 7.20. The van der Waals surface area contributed by atoms with Crippen molar-refractivity contribution in [2.24, 2.45) is 0 Å². The number of aryl methyl sites for hydroxylation is 1. The number of ether oxygens (including phenoxy) is 1. The number of pyridine rings is 2. The molecule has 3 aromatic rings. The number of carbonyl (C=O) groups excluding carboxylic acids is 1. The first-order chi connectivity index (χ1) is 15.5. The van der Waals surface area contributed by atoms with Crippen LogP contribution in [0.3, 0.4) is 0 Å². The van der Waals surface area contributed by atoms with E-state index in [0.717, 1.165) is 24.5 Å². The van der Waals surface area contributed by atoms with E-state index in [9.17, 15) is 31.1 Å².